The highest BCUT2D eigenvalue weighted by Crippen LogP contribution is 2.22. The van der Waals surface area contributed by atoms with Gasteiger partial charge in [-0.2, -0.15) is 11.8 Å². The molecule has 2 aromatic rings. The molecule has 0 saturated carbocycles. The third-order valence-electron chi connectivity index (χ3n) is 2.54. The van der Waals surface area contributed by atoms with Gasteiger partial charge in [0.15, 0.2) is 5.82 Å². The Morgan fingerprint density at radius 3 is 3.10 bits per heavy atom. The number of rotatable bonds is 7. The van der Waals surface area contributed by atoms with Crippen molar-refractivity contribution in [1.82, 2.24) is 9.97 Å². The van der Waals surface area contributed by atoms with Gasteiger partial charge in [0.1, 0.15) is 0 Å². The molecule has 20 heavy (non-hydrogen) atoms. The van der Waals surface area contributed by atoms with Gasteiger partial charge in [-0.1, -0.05) is 0 Å². The Kier molecular flexibility index (Phi) is 5.42. The molecule has 0 aliphatic carbocycles. The molecule has 106 valence electrons. The molecule has 0 bridgehead atoms. The topological polar surface area (TPSA) is 83.8 Å². The molecular formula is C12H13BrN4O2S. The second-order valence-electron chi connectivity index (χ2n) is 3.91. The van der Waals surface area contributed by atoms with E-state index in [1.807, 2.05) is 12.1 Å². The van der Waals surface area contributed by atoms with Gasteiger partial charge in [0.2, 0.25) is 0 Å². The predicted molar refractivity (Wildman–Crippen MR) is 84.0 cm³/mol. The van der Waals surface area contributed by atoms with Crippen molar-refractivity contribution in [1.29, 1.82) is 0 Å². The summed E-state index contributed by atoms with van der Waals surface area (Å²) in [6, 6.07) is 5.29. The van der Waals surface area contributed by atoms with Gasteiger partial charge in [0.05, 0.1) is 10.6 Å². The Hall–Kier alpha value is -1.54. The molecule has 6 nitrogen and oxygen atoms in total. The summed E-state index contributed by atoms with van der Waals surface area (Å²) in [5.74, 6) is 2.09. The van der Waals surface area contributed by atoms with Crippen molar-refractivity contribution in [3.8, 4) is 0 Å². The van der Waals surface area contributed by atoms with Crippen LogP contribution in [0.25, 0.3) is 0 Å². The lowest BCUT2D eigenvalue weighted by atomic mass is 10.4. The molecule has 0 saturated heterocycles. The van der Waals surface area contributed by atoms with Gasteiger partial charge in [0.25, 0.3) is 0 Å². The molecule has 0 unspecified atom stereocenters. The van der Waals surface area contributed by atoms with Gasteiger partial charge in [-0.25, -0.2) is 0 Å². The van der Waals surface area contributed by atoms with Gasteiger partial charge < -0.3 is 10.3 Å². The van der Waals surface area contributed by atoms with Crippen LogP contribution in [0, 0.1) is 10.1 Å². The summed E-state index contributed by atoms with van der Waals surface area (Å²) < 4.78 is 1.00. The standard InChI is InChI=1S/C12H13BrN4O2S/c13-9-2-1-4-14-10(9)8-20-7-6-16-12-11(17(18)19)3-5-15-12/h1-5,15-16H,6-8H2. The lowest BCUT2D eigenvalue weighted by Crippen LogP contribution is -2.06. The first kappa shape index (κ1) is 14.9. The van der Waals surface area contributed by atoms with Crippen molar-refractivity contribution in [3.63, 3.8) is 0 Å². The predicted octanol–water partition coefficient (Wildman–Crippen LogP) is 3.43. The van der Waals surface area contributed by atoms with Crippen LogP contribution in [0.2, 0.25) is 0 Å². The minimum Gasteiger partial charge on any atom is -0.365 e. The summed E-state index contributed by atoms with van der Waals surface area (Å²) in [7, 11) is 0. The van der Waals surface area contributed by atoms with Crippen molar-refractivity contribution in [2.24, 2.45) is 0 Å². The monoisotopic (exact) mass is 356 g/mol. The van der Waals surface area contributed by atoms with Crippen LogP contribution in [0.15, 0.2) is 35.1 Å². The number of thioether (sulfide) groups is 1. The van der Waals surface area contributed by atoms with E-state index in [4.69, 9.17) is 0 Å². The van der Waals surface area contributed by atoms with Crippen LogP contribution < -0.4 is 5.32 Å². The van der Waals surface area contributed by atoms with E-state index in [-0.39, 0.29) is 5.69 Å². The number of anilines is 1. The van der Waals surface area contributed by atoms with E-state index in [1.54, 1.807) is 24.2 Å². The van der Waals surface area contributed by atoms with Crippen molar-refractivity contribution in [2.75, 3.05) is 17.6 Å². The molecule has 0 radical (unpaired) electrons. The summed E-state index contributed by atoms with van der Waals surface area (Å²) in [6.07, 6.45) is 3.32. The first-order valence-electron chi connectivity index (χ1n) is 5.91. The van der Waals surface area contributed by atoms with E-state index in [0.29, 0.717) is 12.4 Å². The summed E-state index contributed by atoms with van der Waals surface area (Å²) in [6.45, 7) is 0.649. The Bertz CT molecular complexity index is 590. The van der Waals surface area contributed by atoms with Crippen molar-refractivity contribution in [3.05, 3.63) is 50.9 Å². The second-order valence-corrected chi connectivity index (χ2v) is 5.87. The minimum absolute atomic E-state index is 0.0717. The number of hydrogen-bond acceptors (Lipinski definition) is 5. The van der Waals surface area contributed by atoms with Gasteiger partial charge in [-0.3, -0.25) is 15.1 Å². The van der Waals surface area contributed by atoms with E-state index in [2.05, 4.69) is 31.2 Å². The molecule has 2 aromatic heterocycles. The molecule has 0 aliphatic heterocycles. The minimum atomic E-state index is -0.406. The highest BCUT2D eigenvalue weighted by Gasteiger charge is 2.13. The first-order valence-corrected chi connectivity index (χ1v) is 7.86. The maximum Gasteiger partial charge on any atom is 0.310 e. The average molecular weight is 357 g/mol. The number of aromatic amines is 1. The van der Waals surface area contributed by atoms with E-state index < -0.39 is 4.92 Å². The van der Waals surface area contributed by atoms with Crippen LogP contribution >= 0.6 is 27.7 Å². The molecule has 0 fully saturated rings. The molecule has 0 spiro atoms. The number of nitro groups is 1. The number of nitrogens with one attached hydrogen (secondary N) is 2. The lowest BCUT2D eigenvalue weighted by molar-refractivity contribution is -0.383. The van der Waals surface area contributed by atoms with Gasteiger partial charge in [-0.15, -0.1) is 0 Å². The summed E-state index contributed by atoms with van der Waals surface area (Å²) in [4.78, 5) is 17.4. The quantitative estimate of drug-likeness (QED) is 0.451. The number of pyridine rings is 1. The highest BCUT2D eigenvalue weighted by atomic mass is 79.9. The van der Waals surface area contributed by atoms with Crippen LogP contribution in [0.1, 0.15) is 5.69 Å². The average Bonchev–Trinajstić information content (AvgIpc) is 2.89. The molecule has 8 heteroatoms. The van der Waals surface area contributed by atoms with E-state index in [9.17, 15) is 10.1 Å². The zero-order chi connectivity index (χ0) is 14.4. The van der Waals surface area contributed by atoms with Crippen LogP contribution in [0.5, 0.6) is 0 Å². The fraction of sp³-hybridized carbons (Fsp3) is 0.250. The fourth-order valence-corrected chi connectivity index (χ4v) is 2.99. The van der Waals surface area contributed by atoms with E-state index in [1.165, 1.54) is 6.07 Å². The molecule has 0 amide bonds. The Balaban J connectivity index is 1.73. The molecule has 0 aromatic carbocycles. The van der Waals surface area contributed by atoms with E-state index >= 15 is 0 Å². The third-order valence-corrected chi connectivity index (χ3v) is 4.24. The maximum absolute atomic E-state index is 10.7. The SMILES string of the molecule is O=[N+]([O-])c1cc[nH]c1NCCSCc1ncccc1Br. The number of halogens is 1. The summed E-state index contributed by atoms with van der Waals surface area (Å²) in [5.41, 5.74) is 1.07. The molecule has 0 aliphatic rings. The largest absolute Gasteiger partial charge is 0.365 e. The van der Waals surface area contributed by atoms with E-state index in [0.717, 1.165) is 21.7 Å². The zero-order valence-corrected chi connectivity index (χ0v) is 12.9. The van der Waals surface area contributed by atoms with Crippen LogP contribution in [-0.2, 0) is 5.75 Å². The molecule has 2 N–H and O–H groups in total. The van der Waals surface area contributed by atoms with Crippen LogP contribution in [0.3, 0.4) is 0 Å². The smallest absolute Gasteiger partial charge is 0.310 e. The molecule has 2 heterocycles. The van der Waals surface area contributed by atoms with Crippen LogP contribution in [-0.4, -0.2) is 27.2 Å². The number of aromatic nitrogens is 2. The normalized spacial score (nSPS) is 10.4. The van der Waals surface area contributed by atoms with Crippen molar-refractivity contribution < 1.29 is 4.92 Å². The maximum atomic E-state index is 10.7. The van der Waals surface area contributed by atoms with Gasteiger partial charge >= 0.3 is 5.69 Å². The number of H-pyrrole nitrogens is 1. The Morgan fingerprint density at radius 2 is 2.35 bits per heavy atom. The lowest BCUT2D eigenvalue weighted by Gasteiger charge is -2.05. The second kappa shape index (κ2) is 7.30. The summed E-state index contributed by atoms with van der Waals surface area (Å²) >= 11 is 5.17. The Morgan fingerprint density at radius 1 is 1.50 bits per heavy atom. The number of hydrogen-bond donors (Lipinski definition) is 2. The first-order chi connectivity index (χ1) is 9.68. The molecule has 2 rings (SSSR count). The van der Waals surface area contributed by atoms with Crippen molar-refractivity contribution in [2.45, 2.75) is 5.75 Å². The summed E-state index contributed by atoms with van der Waals surface area (Å²) in [5, 5.41) is 13.7. The van der Waals surface area contributed by atoms with Crippen molar-refractivity contribution >= 4 is 39.2 Å². The number of nitrogens with zero attached hydrogens (tertiary/aromatic N) is 2. The third kappa shape index (κ3) is 3.97. The fourth-order valence-electron chi connectivity index (χ4n) is 1.60. The Labute approximate surface area is 128 Å². The highest BCUT2D eigenvalue weighted by molar-refractivity contribution is 9.10. The van der Waals surface area contributed by atoms with Gasteiger partial charge in [0, 0.05) is 41.0 Å². The van der Waals surface area contributed by atoms with Gasteiger partial charge in [-0.05, 0) is 28.1 Å². The zero-order valence-electron chi connectivity index (χ0n) is 10.5. The molecular weight excluding hydrogens is 344 g/mol. The molecule has 0 atom stereocenters. The van der Waals surface area contributed by atoms with Crippen LogP contribution in [0.4, 0.5) is 11.5 Å².